The highest BCUT2D eigenvalue weighted by atomic mass is 16.5. The third-order valence-electron chi connectivity index (χ3n) is 4.61. The van der Waals surface area contributed by atoms with Crippen LogP contribution in [0.2, 0.25) is 0 Å². The molecule has 27 heavy (non-hydrogen) atoms. The highest BCUT2D eigenvalue weighted by Crippen LogP contribution is 2.18. The number of nitrogens with one attached hydrogen (secondary N) is 2. The van der Waals surface area contributed by atoms with Gasteiger partial charge >= 0.3 is 6.03 Å². The average molecular weight is 367 g/mol. The molecule has 7 nitrogen and oxygen atoms in total. The number of rotatable bonds is 7. The van der Waals surface area contributed by atoms with Gasteiger partial charge in [-0.05, 0) is 24.0 Å². The lowest BCUT2D eigenvalue weighted by Crippen LogP contribution is -2.50. The number of benzene rings is 2. The Bertz CT molecular complexity index is 810. The average Bonchev–Trinajstić information content (AvgIpc) is 2.99. The Hall–Kier alpha value is -3.19. The fourth-order valence-corrected chi connectivity index (χ4v) is 3.21. The summed E-state index contributed by atoms with van der Waals surface area (Å²) in [7, 11) is 0. The first-order valence-corrected chi connectivity index (χ1v) is 8.75. The number of carbonyl (C=O) groups excluding carboxylic acids is 3. The van der Waals surface area contributed by atoms with Crippen LogP contribution in [-0.2, 0) is 22.4 Å². The van der Waals surface area contributed by atoms with Gasteiger partial charge in [0.15, 0.2) is 0 Å². The number of aryl methyl sites for hydroxylation is 1. The molecule has 3 N–H and O–H groups in total. The molecule has 1 heterocycles. The van der Waals surface area contributed by atoms with Gasteiger partial charge in [0.1, 0.15) is 12.1 Å². The van der Waals surface area contributed by atoms with Crippen molar-refractivity contribution in [2.45, 2.75) is 31.3 Å². The second-order valence-electron chi connectivity index (χ2n) is 6.42. The number of amides is 4. The van der Waals surface area contributed by atoms with Crippen molar-refractivity contribution < 1.29 is 19.6 Å². The van der Waals surface area contributed by atoms with E-state index in [-0.39, 0.29) is 6.42 Å². The van der Waals surface area contributed by atoms with E-state index in [1.807, 2.05) is 36.4 Å². The van der Waals surface area contributed by atoms with Crippen LogP contribution in [-0.4, -0.2) is 40.0 Å². The minimum absolute atomic E-state index is 0.123. The van der Waals surface area contributed by atoms with Crippen LogP contribution in [0.5, 0.6) is 0 Å². The normalized spacial score (nSPS) is 17.5. The molecule has 1 aliphatic rings. The highest BCUT2D eigenvalue weighted by molar-refractivity contribution is 6.07. The molecule has 4 amide bonds. The van der Waals surface area contributed by atoms with E-state index < -0.39 is 29.9 Å². The zero-order chi connectivity index (χ0) is 19.2. The SMILES string of the molecule is O=C(NO)[C@@H](Cc1ccccc1)N1C(=O)N[C@@H](CCc2ccccc2)C1=O. The van der Waals surface area contributed by atoms with E-state index in [0.717, 1.165) is 16.0 Å². The molecule has 140 valence electrons. The summed E-state index contributed by atoms with van der Waals surface area (Å²) in [6, 6.07) is 16.2. The third kappa shape index (κ3) is 4.32. The zero-order valence-electron chi connectivity index (χ0n) is 14.7. The van der Waals surface area contributed by atoms with Gasteiger partial charge in [-0.15, -0.1) is 0 Å². The Labute approximate surface area is 156 Å². The van der Waals surface area contributed by atoms with Crippen molar-refractivity contribution >= 4 is 17.8 Å². The van der Waals surface area contributed by atoms with E-state index in [2.05, 4.69) is 5.32 Å². The van der Waals surface area contributed by atoms with Crippen LogP contribution >= 0.6 is 0 Å². The van der Waals surface area contributed by atoms with E-state index in [1.54, 1.807) is 29.7 Å². The van der Waals surface area contributed by atoms with Crippen molar-refractivity contribution in [3.05, 3.63) is 71.8 Å². The number of urea groups is 1. The van der Waals surface area contributed by atoms with Crippen LogP contribution in [0.15, 0.2) is 60.7 Å². The standard InChI is InChI=1S/C20H21N3O4/c24-18(22-27)17(13-15-9-5-2-6-10-15)23-19(25)16(21-20(23)26)12-11-14-7-3-1-4-8-14/h1-10,16-17,27H,11-13H2,(H,21,26)(H,22,24)/t16-,17+/m0/s1. The largest absolute Gasteiger partial charge is 0.326 e. The molecular weight excluding hydrogens is 346 g/mol. The van der Waals surface area contributed by atoms with Gasteiger partial charge in [0.2, 0.25) is 0 Å². The lowest BCUT2D eigenvalue weighted by atomic mass is 10.0. The van der Waals surface area contributed by atoms with Gasteiger partial charge in [-0.1, -0.05) is 60.7 Å². The van der Waals surface area contributed by atoms with Crippen molar-refractivity contribution in [1.82, 2.24) is 15.7 Å². The number of carbonyl (C=O) groups is 3. The molecule has 0 spiro atoms. The maximum Gasteiger partial charge on any atom is 0.325 e. The quantitative estimate of drug-likeness (QED) is 0.394. The van der Waals surface area contributed by atoms with Crippen LogP contribution in [0, 0.1) is 0 Å². The molecule has 2 atom stereocenters. The summed E-state index contributed by atoms with van der Waals surface area (Å²) >= 11 is 0. The lowest BCUT2D eigenvalue weighted by Gasteiger charge is -2.23. The molecule has 0 radical (unpaired) electrons. The molecule has 1 saturated heterocycles. The van der Waals surface area contributed by atoms with Gasteiger partial charge in [0, 0.05) is 6.42 Å². The van der Waals surface area contributed by atoms with E-state index in [4.69, 9.17) is 5.21 Å². The van der Waals surface area contributed by atoms with Gasteiger partial charge in [-0.2, -0.15) is 0 Å². The summed E-state index contributed by atoms with van der Waals surface area (Å²) in [5.74, 6) is -1.26. The van der Waals surface area contributed by atoms with Crippen molar-refractivity contribution in [1.29, 1.82) is 0 Å². The third-order valence-corrected chi connectivity index (χ3v) is 4.61. The minimum Gasteiger partial charge on any atom is -0.326 e. The second kappa shape index (κ2) is 8.46. The van der Waals surface area contributed by atoms with E-state index in [0.29, 0.717) is 12.8 Å². The highest BCUT2D eigenvalue weighted by Gasteiger charge is 2.44. The van der Waals surface area contributed by atoms with Crippen LogP contribution < -0.4 is 10.8 Å². The molecular formula is C20H21N3O4. The first kappa shape index (κ1) is 18.6. The van der Waals surface area contributed by atoms with Gasteiger partial charge in [-0.3, -0.25) is 14.8 Å². The zero-order valence-corrected chi connectivity index (χ0v) is 14.7. The van der Waals surface area contributed by atoms with Crippen LogP contribution in [0.1, 0.15) is 17.5 Å². The van der Waals surface area contributed by atoms with E-state index in [1.165, 1.54) is 0 Å². The topological polar surface area (TPSA) is 98.7 Å². The minimum atomic E-state index is -1.12. The lowest BCUT2D eigenvalue weighted by molar-refractivity contribution is -0.140. The molecule has 0 unspecified atom stereocenters. The summed E-state index contributed by atoms with van der Waals surface area (Å²) in [4.78, 5) is 38.2. The fraction of sp³-hybridized carbons (Fsp3) is 0.250. The monoisotopic (exact) mass is 367 g/mol. The Balaban J connectivity index is 1.73. The summed E-state index contributed by atoms with van der Waals surface area (Å²) in [5.41, 5.74) is 3.40. The van der Waals surface area contributed by atoms with Crippen molar-refractivity contribution in [3.63, 3.8) is 0 Å². The first-order chi connectivity index (χ1) is 13.1. The maximum absolute atomic E-state index is 12.8. The van der Waals surface area contributed by atoms with E-state index in [9.17, 15) is 14.4 Å². The van der Waals surface area contributed by atoms with Crippen molar-refractivity contribution in [2.24, 2.45) is 0 Å². The Morgan fingerprint density at radius 2 is 1.63 bits per heavy atom. The summed E-state index contributed by atoms with van der Waals surface area (Å²) < 4.78 is 0. The molecule has 2 aromatic rings. The number of hydroxylamine groups is 1. The number of nitrogens with zero attached hydrogens (tertiary/aromatic N) is 1. The Kier molecular flexibility index (Phi) is 5.83. The summed E-state index contributed by atoms with van der Waals surface area (Å²) in [6.45, 7) is 0. The molecule has 2 aromatic carbocycles. The summed E-state index contributed by atoms with van der Waals surface area (Å²) in [6.07, 6.45) is 1.18. The van der Waals surface area contributed by atoms with E-state index >= 15 is 0 Å². The van der Waals surface area contributed by atoms with Gasteiger partial charge < -0.3 is 5.32 Å². The molecule has 0 bridgehead atoms. The number of hydrogen-bond acceptors (Lipinski definition) is 4. The van der Waals surface area contributed by atoms with Crippen LogP contribution in [0.4, 0.5) is 4.79 Å². The van der Waals surface area contributed by atoms with Crippen LogP contribution in [0.3, 0.4) is 0 Å². The van der Waals surface area contributed by atoms with Gasteiger partial charge in [0.25, 0.3) is 11.8 Å². The first-order valence-electron chi connectivity index (χ1n) is 8.75. The molecule has 7 heteroatoms. The number of imide groups is 1. The predicted octanol–water partition coefficient (Wildman–Crippen LogP) is 1.66. The number of hydrogen-bond donors (Lipinski definition) is 3. The van der Waals surface area contributed by atoms with Gasteiger partial charge in [-0.25, -0.2) is 15.2 Å². The molecule has 3 rings (SSSR count). The Morgan fingerprint density at radius 1 is 1.04 bits per heavy atom. The van der Waals surface area contributed by atoms with Crippen molar-refractivity contribution in [2.75, 3.05) is 0 Å². The molecule has 0 saturated carbocycles. The fourth-order valence-electron chi connectivity index (χ4n) is 3.21. The summed E-state index contributed by atoms with van der Waals surface area (Å²) in [5, 5.41) is 11.7. The predicted molar refractivity (Wildman–Crippen MR) is 97.8 cm³/mol. The molecule has 1 aliphatic heterocycles. The maximum atomic E-state index is 12.8. The molecule has 0 aromatic heterocycles. The van der Waals surface area contributed by atoms with Crippen LogP contribution in [0.25, 0.3) is 0 Å². The van der Waals surface area contributed by atoms with Crippen molar-refractivity contribution in [3.8, 4) is 0 Å². The Morgan fingerprint density at radius 3 is 2.22 bits per heavy atom. The van der Waals surface area contributed by atoms with Gasteiger partial charge in [0.05, 0.1) is 0 Å². The molecule has 1 fully saturated rings. The molecule has 0 aliphatic carbocycles. The second-order valence-corrected chi connectivity index (χ2v) is 6.42. The smallest absolute Gasteiger partial charge is 0.325 e.